The Morgan fingerprint density at radius 1 is 1.32 bits per heavy atom. The van der Waals surface area contributed by atoms with Crippen LogP contribution in [0.3, 0.4) is 0 Å². The van der Waals surface area contributed by atoms with Crippen molar-refractivity contribution in [2.24, 2.45) is 4.99 Å². The van der Waals surface area contributed by atoms with Crippen LogP contribution < -0.4 is 5.32 Å². The van der Waals surface area contributed by atoms with E-state index in [9.17, 15) is 4.79 Å². The van der Waals surface area contributed by atoms with E-state index in [0.717, 1.165) is 37.8 Å². The summed E-state index contributed by atoms with van der Waals surface area (Å²) in [6, 6.07) is 3.74. The largest absolute Gasteiger partial charge is 0.467 e. The van der Waals surface area contributed by atoms with Gasteiger partial charge in [-0.25, -0.2) is 0 Å². The molecule has 0 aliphatic heterocycles. The van der Waals surface area contributed by atoms with E-state index in [4.69, 9.17) is 9.15 Å². The van der Waals surface area contributed by atoms with Crippen LogP contribution in [-0.4, -0.2) is 68.0 Å². The zero-order valence-corrected chi connectivity index (χ0v) is 16.0. The molecule has 0 bridgehead atoms. The van der Waals surface area contributed by atoms with E-state index in [2.05, 4.69) is 10.3 Å². The van der Waals surface area contributed by atoms with E-state index in [0.29, 0.717) is 26.3 Å². The highest BCUT2D eigenvalue weighted by Crippen LogP contribution is 2.02. The van der Waals surface area contributed by atoms with Gasteiger partial charge >= 0.3 is 0 Å². The Kier molecular flexibility index (Phi) is 10.4. The van der Waals surface area contributed by atoms with Crippen molar-refractivity contribution in [3.05, 3.63) is 24.2 Å². The third-order valence-electron chi connectivity index (χ3n) is 3.72. The smallest absolute Gasteiger partial charge is 0.242 e. The minimum atomic E-state index is 0.111. The average molecular weight is 352 g/mol. The number of likely N-dealkylation sites (N-methyl/N-ethyl adjacent to an activating group) is 2. The van der Waals surface area contributed by atoms with Crippen molar-refractivity contribution < 1.29 is 13.9 Å². The first-order valence-electron chi connectivity index (χ1n) is 8.99. The van der Waals surface area contributed by atoms with Crippen LogP contribution in [0.1, 0.15) is 33.0 Å². The minimum absolute atomic E-state index is 0.111. The van der Waals surface area contributed by atoms with Crippen LogP contribution in [0.2, 0.25) is 0 Å². The van der Waals surface area contributed by atoms with Gasteiger partial charge in [-0.15, -0.1) is 0 Å². The van der Waals surface area contributed by atoms with Gasteiger partial charge < -0.3 is 24.3 Å². The highest BCUT2D eigenvalue weighted by Gasteiger charge is 2.14. The first kappa shape index (κ1) is 21.0. The fraction of sp³-hybridized carbons (Fsp3) is 0.667. The number of hydrogen-bond acceptors (Lipinski definition) is 4. The number of furan rings is 1. The molecule has 0 saturated carbocycles. The predicted molar refractivity (Wildman–Crippen MR) is 99.5 cm³/mol. The second-order valence-corrected chi connectivity index (χ2v) is 5.64. The maximum atomic E-state index is 12.2. The molecule has 142 valence electrons. The number of carbonyl (C=O) groups excluding carboxylic acids is 1. The molecule has 0 aliphatic carbocycles. The number of ether oxygens (including phenoxy) is 1. The summed E-state index contributed by atoms with van der Waals surface area (Å²) in [7, 11) is 1.89. The van der Waals surface area contributed by atoms with Crippen LogP contribution in [0.25, 0.3) is 0 Å². The lowest BCUT2D eigenvalue weighted by Crippen LogP contribution is -2.45. The third kappa shape index (κ3) is 8.07. The Bertz CT molecular complexity index is 498. The monoisotopic (exact) mass is 352 g/mol. The molecule has 0 spiro atoms. The number of amides is 1. The molecule has 0 aromatic carbocycles. The quantitative estimate of drug-likeness (QED) is 0.374. The Morgan fingerprint density at radius 2 is 2.08 bits per heavy atom. The molecule has 1 aromatic rings. The number of rotatable bonds is 11. The van der Waals surface area contributed by atoms with Gasteiger partial charge in [-0.3, -0.25) is 9.79 Å². The molecular formula is C18H32N4O3. The summed E-state index contributed by atoms with van der Waals surface area (Å²) in [6.07, 6.45) is 2.45. The average Bonchev–Trinajstić information content (AvgIpc) is 3.11. The lowest BCUT2D eigenvalue weighted by molar-refractivity contribution is -0.131. The van der Waals surface area contributed by atoms with Crippen LogP contribution in [-0.2, 0) is 16.1 Å². The minimum Gasteiger partial charge on any atom is -0.467 e. The molecular weight excluding hydrogens is 320 g/mol. The van der Waals surface area contributed by atoms with Crippen molar-refractivity contribution in [3.63, 3.8) is 0 Å². The van der Waals surface area contributed by atoms with Gasteiger partial charge in [0, 0.05) is 39.8 Å². The van der Waals surface area contributed by atoms with Crippen LogP contribution in [0.15, 0.2) is 27.8 Å². The summed E-state index contributed by atoms with van der Waals surface area (Å²) < 4.78 is 10.8. The van der Waals surface area contributed by atoms with Crippen LogP contribution in [0.4, 0.5) is 0 Å². The molecule has 0 aliphatic rings. The number of guanidine groups is 1. The summed E-state index contributed by atoms with van der Waals surface area (Å²) in [6.45, 7) is 10.3. The summed E-state index contributed by atoms with van der Waals surface area (Å²) in [4.78, 5) is 20.5. The van der Waals surface area contributed by atoms with E-state index in [1.165, 1.54) is 0 Å². The number of nitrogens with zero attached hydrogens (tertiary/aromatic N) is 3. The first-order valence-corrected chi connectivity index (χ1v) is 8.99. The molecule has 1 aromatic heterocycles. The van der Waals surface area contributed by atoms with Gasteiger partial charge in [-0.2, -0.15) is 0 Å². The summed E-state index contributed by atoms with van der Waals surface area (Å²) in [5, 5.41) is 3.23. The van der Waals surface area contributed by atoms with E-state index in [-0.39, 0.29) is 5.91 Å². The molecule has 0 fully saturated rings. The van der Waals surface area contributed by atoms with E-state index in [1.54, 1.807) is 6.26 Å². The van der Waals surface area contributed by atoms with Gasteiger partial charge in [0.2, 0.25) is 5.91 Å². The van der Waals surface area contributed by atoms with Crippen LogP contribution >= 0.6 is 0 Å². The Labute approximate surface area is 151 Å². The Hall–Kier alpha value is -2.02. The Morgan fingerprint density at radius 3 is 2.68 bits per heavy atom. The fourth-order valence-corrected chi connectivity index (χ4v) is 2.34. The highest BCUT2D eigenvalue weighted by atomic mass is 16.5. The summed E-state index contributed by atoms with van der Waals surface area (Å²) in [5.41, 5.74) is 0. The second-order valence-electron chi connectivity index (χ2n) is 5.64. The number of carbonyl (C=O) groups is 1. The van der Waals surface area contributed by atoms with Crippen LogP contribution in [0, 0.1) is 0 Å². The molecule has 1 N–H and O–H groups in total. The maximum absolute atomic E-state index is 12.2. The Balaban J connectivity index is 2.37. The summed E-state index contributed by atoms with van der Waals surface area (Å²) >= 11 is 0. The third-order valence-corrected chi connectivity index (χ3v) is 3.72. The number of nitrogens with one attached hydrogen (secondary N) is 1. The molecule has 0 radical (unpaired) electrons. The van der Waals surface area contributed by atoms with Crippen molar-refractivity contribution in [1.29, 1.82) is 0 Å². The SMILES string of the molecule is CCNC(=NCCCOCc1ccco1)N(C)CC(=O)N(CC)CC. The van der Waals surface area contributed by atoms with Crippen molar-refractivity contribution in [2.45, 2.75) is 33.8 Å². The van der Waals surface area contributed by atoms with Crippen LogP contribution in [0.5, 0.6) is 0 Å². The lowest BCUT2D eigenvalue weighted by Gasteiger charge is -2.25. The normalized spacial score (nSPS) is 11.4. The molecule has 0 unspecified atom stereocenters. The molecule has 0 atom stereocenters. The highest BCUT2D eigenvalue weighted by molar-refractivity contribution is 5.86. The van der Waals surface area contributed by atoms with Gasteiger partial charge in [0.15, 0.2) is 5.96 Å². The van der Waals surface area contributed by atoms with Gasteiger partial charge in [0.05, 0.1) is 12.8 Å². The van der Waals surface area contributed by atoms with E-state index in [1.807, 2.05) is 49.8 Å². The van der Waals surface area contributed by atoms with Crippen molar-refractivity contribution in [2.75, 3.05) is 46.4 Å². The van der Waals surface area contributed by atoms with Gasteiger partial charge in [0.1, 0.15) is 12.4 Å². The molecule has 1 heterocycles. The first-order chi connectivity index (χ1) is 12.1. The zero-order chi connectivity index (χ0) is 18.5. The van der Waals surface area contributed by atoms with Crippen molar-refractivity contribution in [3.8, 4) is 0 Å². The standard InChI is InChI=1S/C18H32N4O3/c1-5-19-18(21(4)14-17(23)22(6-2)7-3)20-11-9-12-24-15-16-10-8-13-25-16/h8,10,13H,5-7,9,11-12,14-15H2,1-4H3,(H,19,20). The van der Waals surface area contributed by atoms with Crippen molar-refractivity contribution >= 4 is 11.9 Å². The zero-order valence-electron chi connectivity index (χ0n) is 16.0. The van der Waals surface area contributed by atoms with Crippen molar-refractivity contribution in [1.82, 2.24) is 15.1 Å². The molecule has 7 heteroatoms. The number of aliphatic imine (C=N–C) groups is 1. The van der Waals surface area contributed by atoms with Gasteiger partial charge in [-0.1, -0.05) is 0 Å². The van der Waals surface area contributed by atoms with E-state index < -0.39 is 0 Å². The molecule has 1 rings (SSSR count). The van der Waals surface area contributed by atoms with Gasteiger partial charge in [0.25, 0.3) is 0 Å². The summed E-state index contributed by atoms with van der Waals surface area (Å²) in [5.74, 6) is 1.68. The molecule has 1 amide bonds. The molecule has 25 heavy (non-hydrogen) atoms. The van der Waals surface area contributed by atoms with Gasteiger partial charge in [-0.05, 0) is 39.3 Å². The molecule has 7 nitrogen and oxygen atoms in total. The topological polar surface area (TPSA) is 70.3 Å². The predicted octanol–water partition coefficient (Wildman–Crippen LogP) is 1.95. The lowest BCUT2D eigenvalue weighted by atomic mass is 10.4. The molecule has 0 saturated heterocycles. The maximum Gasteiger partial charge on any atom is 0.242 e. The fourth-order valence-electron chi connectivity index (χ4n) is 2.34. The van der Waals surface area contributed by atoms with E-state index >= 15 is 0 Å². The second kappa shape index (κ2) is 12.4. The number of hydrogen-bond donors (Lipinski definition) is 1.